The average Bonchev–Trinajstić information content (AvgIpc) is 2.90. The molecular formula is C10H8N6O. The third-order valence-corrected chi connectivity index (χ3v) is 2.06. The summed E-state index contributed by atoms with van der Waals surface area (Å²) in [4.78, 5) is 11.5. The number of benzene rings is 1. The predicted molar refractivity (Wildman–Crippen MR) is 56.5 cm³/mol. The lowest BCUT2D eigenvalue weighted by Crippen LogP contribution is -2.24. The maximum absolute atomic E-state index is 11.5. The van der Waals surface area contributed by atoms with Gasteiger partial charge in [-0.1, -0.05) is 12.1 Å². The molecule has 1 amide bonds. The number of carbonyl (C=O) groups excluding carboxylic acids is 1. The molecule has 1 aromatic carbocycles. The second-order valence-electron chi connectivity index (χ2n) is 3.23. The standard InChI is InChI=1S/C10H8N6O/c11-5-7-2-1-3-8(4-7)6-12-10(17)9-13-15-16-14-9/h1-4H,6H2,(H,12,17)(H,13,14,15,16). The van der Waals surface area contributed by atoms with Crippen LogP contribution in [-0.2, 0) is 6.54 Å². The van der Waals surface area contributed by atoms with Gasteiger partial charge < -0.3 is 5.32 Å². The van der Waals surface area contributed by atoms with E-state index in [1.807, 2.05) is 12.1 Å². The molecule has 0 bridgehead atoms. The zero-order valence-electron chi connectivity index (χ0n) is 8.71. The quantitative estimate of drug-likeness (QED) is 0.768. The molecule has 0 spiro atoms. The first kappa shape index (κ1) is 10.8. The maximum atomic E-state index is 11.5. The Kier molecular flexibility index (Phi) is 3.07. The summed E-state index contributed by atoms with van der Waals surface area (Å²) in [7, 11) is 0. The topological polar surface area (TPSA) is 107 Å². The van der Waals surface area contributed by atoms with E-state index in [0.717, 1.165) is 5.56 Å². The van der Waals surface area contributed by atoms with Crippen molar-refractivity contribution in [2.45, 2.75) is 6.54 Å². The van der Waals surface area contributed by atoms with Crippen LogP contribution in [0.5, 0.6) is 0 Å². The summed E-state index contributed by atoms with van der Waals surface area (Å²) in [6.07, 6.45) is 0. The van der Waals surface area contributed by atoms with Crippen LogP contribution in [0.3, 0.4) is 0 Å². The molecule has 2 N–H and O–H groups in total. The fraction of sp³-hybridized carbons (Fsp3) is 0.100. The van der Waals surface area contributed by atoms with Crippen molar-refractivity contribution < 1.29 is 4.79 Å². The molecule has 0 saturated carbocycles. The van der Waals surface area contributed by atoms with Crippen molar-refractivity contribution in [1.29, 1.82) is 5.26 Å². The SMILES string of the molecule is N#Cc1cccc(CNC(=O)c2nn[nH]n2)c1. The Morgan fingerprint density at radius 3 is 3.12 bits per heavy atom. The van der Waals surface area contributed by atoms with Gasteiger partial charge in [-0.3, -0.25) is 4.79 Å². The first-order valence-corrected chi connectivity index (χ1v) is 4.80. The molecule has 0 fully saturated rings. The average molecular weight is 228 g/mol. The molecule has 84 valence electrons. The van der Waals surface area contributed by atoms with Gasteiger partial charge in [-0.15, -0.1) is 10.2 Å². The normalized spacial score (nSPS) is 9.59. The third-order valence-electron chi connectivity index (χ3n) is 2.06. The number of hydrogen-bond acceptors (Lipinski definition) is 5. The van der Waals surface area contributed by atoms with E-state index in [9.17, 15) is 4.79 Å². The number of carbonyl (C=O) groups is 1. The summed E-state index contributed by atoms with van der Waals surface area (Å²) < 4.78 is 0. The highest BCUT2D eigenvalue weighted by molar-refractivity contribution is 5.89. The lowest BCUT2D eigenvalue weighted by molar-refractivity contribution is 0.0940. The van der Waals surface area contributed by atoms with Crippen molar-refractivity contribution in [3.8, 4) is 6.07 Å². The van der Waals surface area contributed by atoms with Crippen molar-refractivity contribution in [1.82, 2.24) is 25.9 Å². The number of aromatic amines is 1. The van der Waals surface area contributed by atoms with E-state index in [1.54, 1.807) is 18.2 Å². The summed E-state index contributed by atoms with van der Waals surface area (Å²) in [6.45, 7) is 0.308. The molecule has 0 aliphatic heterocycles. The van der Waals surface area contributed by atoms with Gasteiger partial charge in [0.25, 0.3) is 11.7 Å². The van der Waals surface area contributed by atoms with E-state index in [0.29, 0.717) is 12.1 Å². The lowest BCUT2D eigenvalue weighted by Gasteiger charge is -2.02. The van der Waals surface area contributed by atoms with Gasteiger partial charge in [0.1, 0.15) is 0 Å². The van der Waals surface area contributed by atoms with E-state index >= 15 is 0 Å². The molecule has 0 saturated heterocycles. The fourth-order valence-electron chi connectivity index (χ4n) is 1.27. The summed E-state index contributed by atoms with van der Waals surface area (Å²) in [5, 5.41) is 23.9. The first-order chi connectivity index (χ1) is 8.29. The van der Waals surface area contributed by atoms with E-state index in [1.165, 1.54) is 0 Å². The number of nitrogens with one attached hydrogen (secondary N) is 2. The fourth-order valence-corrected chi connectivity index (χ4v) is 1.27. The molecule has 1 aromatic heterocycles. The molecule has 17 heavy (non-hydrogen) atoms. The number of hydrogen-bond donors (Lipinski definition) is 2. The predicted octanol–water partition coefficient (Wildman–Crippen LogP) is 0.00138. The van der Waals surface area contributed by atoms with Crippen molar-refractivity contribution in [3.05, 3.63) is 41.2 Å². The summed E-state index contributed by atoms with van der Waals surface area (Å²) >= 11 is 0. The van der Waals surface area contributed by atoms with Gasteiger partial charge in [-0.2, -0.15) is 10.5 Å². The second-order valence-corrected chi connectivity index (χ2v) is 3.23. The van der Waals surface area contributed by atoms with Gasteiger partial charge in [0.05, 0.1) is 11.6 Å². The number of H-pyrrole nitrogens is 1. The van der Waals surface area contributed by atoms with Crippen molar-refractivity contribution >= 4 is 5.91 Å². The Balaban J connectivity index is 1.98. The molecule has 0 aliphatic rings. The van der Waals surface area contributed by atoms with Crippen LogP contribution in [0.2, 0.25) is 0 Å². The molecule has 0 aliphatic carbocycles. The number of nitrogens with zero attached hydrogens (tertiary/aromatic N) is 4. The maximum Gasteiger partial charge on any atom is 0.293 e. The van der Waals surface area contributed by atoms with E-state index in [2.05, 4.69) is 25.9 Å². The molecule has 0 atom stereocenters. The lowest BCUT2D eigenvalue weighted by atomic mass is 10.1. The third kappa shape index (κ3) is 2.63. The van der Waals surface area contributed by atoms with Crippen LogP contribution in [0.25, 0.3) is 0 Å². The smallest absolute Gasteiger partial charge is 0.293 e. The number of nitriles is 1. The van der Waals surface area contributed by atoms with Gasteiger partial charge in [-0.05, 0) is 22.9 Å². The molecule has 7 nitrogen and oxygen atoms in total. The molecule has 0 unspecified atom stereocenters. The summed E-state index contributed by atoms with van der Waals surface area (Å²) in [5.74, 6) is -0.428. The zero-order valence-corrected chi connectivity index (χ0v) is 8.71. The summed E-state index contributed by atoms with van der Waals surface area (Å²) in [6, 6.07) is 9.01. The highest BCUT2D eigenvalue weighted by atomic mass is 16.2. The Morgan fingerprint density at radius 2 is 2.41 bits per heavy atom. The summed E-state index contributed by atoms with van der Waals surface area (Å²) in [5.41, 5.74) is 1.39. The Hall–Kier alpha value is -2.75. The Bertz CT molecular complexity index is 556. The number of aromatic nitrogens is 4. The highest BCUT2D eigenvalue weighted by Crippen LogP contribution is 2.03. The minimum atomic E-state index is -0.416. The molecular weight excluding hydrogens is 220 g/mol. The number of tetrazole rings is 1. The Morgan fingerprint density at radius 1 is 1.53 bits per heavy atom. The second kappa shape index (κ2) is 4.85. The largest absolute Gasteiger partial charge is 0.345 e. The van der Waals surface area contributed by atoms with Crippen LogP contribution >= 0.6 is 0 Å². The minimum absolute atomic E-state index is 0.0126. The minimum Gasteiger partial charge on any atom is -0.345 e. The molecule has 1 heterocycles. The van der Waals surface area contributed by atoms with Crippen LogP contribution in [0.15, 0.2) is 24.3 Å². The van der Waals surface area contributed by atoms with Gasteiger partial charge in [-0.25, -0.2) is 0 Å². The van der Waals surface area contributed by atoms with Crippen LogP contribution in [0.1, 0.15) is 21.7 Å². The molecule has 0 radical (unpaired) electrons. The molecule has 2 aromatic rings. The van der Waals surface area contributed by atoms with Crippen LogP contribution < -0.4 is 5.32 Å². The van der Waals surface area contributed by atoms with Crippen LogP contribution in [0.4, 0.5) is 0 Å². The Labute approximate surface area is 96.5 Å². The molecule has 7 heteroatoms. The number of amides is 1. The van der Waals surface area contributed by atoms with Gasteiger partial charge in [0, 0.05) is 6.54 Å². The number of rotatable bonds is 3. The van der Waals surface area contributed by atoms with Gasteiger partial charge in [0.2, 0.25) is 0 Å². The van der Waals surface area contributed by atoms with Gasteiger partial charge in [0.15, 0.2) is 0 Å². The first-order valence-electron chi connectivity index (χ1n) is 4.80. The van der Waals surface area contributed by atoms with Crippen LogP contribution in [0, 0.1) is 11.3 Å². The molecule has 2 rings (SSSR count). The highest BCUT2D eigenvalue weighted by Gasteiger charge is 2.09. The van der Waals surface area contributed by atoms with Crippen LogP contribution in [-0.4, -0.2) is 26.5 Å². The van der Waals surface area contributed by atoms with Crippen molar-refractivity contribution in [3.63, 3.8) is 0 Å². The van der Waals surface area contributed by atoms with Crippen molar-refractivity contribution in [2.24, 2.45) is 0 Å². The van der Waals surface area contributed by atoms with E-state index in [4.69, 9.17) is 5.26 Å². The van der Waals surface area contributed by atoms with Gasteiger partial charge >= 0.3 is 0 Å². The monoisotopic (exact) mass is 228 g/mol. The zero-order chi connectivity index (χ0) is 12.1. The van der Waals surface area contributed by atoms with E-state index in [-0.39, 0.29) is 5.82 Å². The van der Waals surface area contributed by atoms with Crippen molar-refractivity contribution in [2.75, 3.05) is 0 Å². The van der Waals surface area contributed by atoms with E-state index < -0.39 is 5.91 Å².